The van der Waals surface area contributed by atoms with Crippen LogP contribution in [0, 0.1) is 11.7 Å². The van der Waals surface area contributed by atoms with E-state index in [1.54, 1.807) is 17.0 Å². The van der Waals surface area contributed by atoms with Gasteiger partial charge >= 0.3 is 0 Å². The van der Waals surface area contributed by atoms with E-state index in [2.05, 4.69) is 0 Å². The second-order valence-corrected chi connectivity index (χ2v) is 5.12. The van der Waals surface area contributed by atoms with E-state index in [1.807, 2.05) is 0 Å². The van der Waals surface area contributed by atoms with Gasteiger partial charge in [-0.25, -0.2) is 4.39 Å². The third kappa shape index (κ3) is 1.82. The number of anilines is 1. The van der Waals surface area contributed by atoms with Crippen molar-refractivity contribution in [2.45, 2.75) is 24.8 Å². The molecule has 2 fully saturated rings. The summed E-state index contributed by atoms with van der Waals surface area (Å²) < 4.78 is 13.1. The maximum absolute atomic E-state index is 13.1. The third-order valence-electron chi connectivity index (χ3n) is 3.89. The first-order valence-electron chi connectivity index (χ1n) is 5.93. The number of hydrogen-bond acceptors (Lipinski definition) is 2. The summed E-state index contributed by atoms with van der Waals surface area (Å²) in [6.07, 6.45) is 2.50. The molecule has 1 saturated carbocycles. The van der Waals surface area contributed by atoms with Crippen LogP contribution in [0.5, 0.6) is 0 Å². The summed E-state index contributed by atoms with van der Waals surface area (Å²) in [4.78, 5) is 13.6. The molecular formula is C13H15FN2O. The molecule has 1 heterocycles. The smallest absolute Gasteiger partial charge is 0.227 e. The number of nitrogens with two attached hydrogens (primary N) is 1. The lowest BCUT2D eigenvalue weighted by atomic mass is 9.97. The van der Waals surface area contributed by atoms with Gasteiger partial charge in [0.1, 0.15) is 5.82 Å². The molecule has 0 radical (unpaired) electrons. The standard InChI is InChI=1S/C13H15FN2O/c14-10-2-1-3-11(7-10)16-8-9(6-12(16)17)13(15)4-5-13/h1-3,7,9H,4-6,8,15H2. The predicted molar refractivity (Wildman–Crippen MR) is 63.0 cm³/mol. The normalized spacial score (nSPS) is 26.4. The fourth-order valence-corrected chi connectivity index (χ4v) is 2.54. The van der Waals surface area contributed by atoms with Crippen LogP contribution >= 0.6 is 0 Å². The highest BCUT2D eigenvalue weighted by molar-refractivity contribution is 5.96. The molecule has 1 aromatic carbocycles. The van der Waals surface area contributed by atoms with Gasteiger partial charge in [-0.1, -0.05) is 6.07 Å². The maximum atomic E-state index is 13.1. The Morgan fingerprint density at radius 2 is 2.18 bits per heavy atom. The van der Waals surface area contributed by atoms with Crippen molar-refractivity contribution in [3.63, 3.8) is 0 Å². The zero-order valence-electron chi connectivity index (χ0n) is 9.53. The monoisotopic (exact) mass is 234 g/mol. The molecule has 1 aromatic rings. The van der Waals surface area contributed by atoms with E-state index in [4.69, 9.17) is 5.73 Å². The molecule has 1 amide bonds. The predicted octanol–water partition coefficient (Wildman–Crippen LogP) is 1.67. The highest BCUT2D eigenvalue weighted by Gasteiger charge is 2.50. The van der Waals surface area contributed by atoms with Crippen molar-refractivity contribution in [1.82, 2.24) is 0 Å². The fraction of sp³-hybridized carbons (Fsp3) is 0.462. The Hall–Kier alpha value is -1.42. The van der Waals surface area contributed by atoms with E-state index >= 15 is 0 Å². The molecule has 0 aromatic heterocycles. The maximum Gasteiger partial charge on any atom is 0.227 e. The van der Waals surface area contributed by atoms with Crippen molar-refractivity contribution in [2.24, 2.45) is 11.7 Å². The van der Waals surface area contributed by atoms with Crippen LogP contribution < -0.4 is 10.6 Å². The van der Waals surface area contributed by atoms with Gasteiger partial charge in [0.15, 0.2) is 0 Å². The lowest BCUT2D eigenvalue weighted by molar-refractivity contribution is -0.117. The molecule has 4 heteroatoms. The van der Waals surface area contributed by atoms with Crippen LogP contribution in [0.25, 0.3) is 0 Å². The van der Waals surface area contributed by atoms with Crippen molar-refractivity contribution >= 4 is 11.6 Å². The number of carbonyl (C=O) groups excluding carboxylic acids is 1. The Morgan fingerprint density at radius 1 is 1.41 bits per heavy atom. The average molecular weight is 234 g/mol. The molecule has 1 atom stereocenters. The first kappa shape index (κ1) is 10.7. The van der Waals surface area contributed by atoms with Gasteiger partial charge < -0.3 is 10.6 Å². The van der Waals surface area contributed by atoms with Gasteiger partial charge in [0.2, 0.25) is 5.91 Å². The van der Waals surface area contributed by atoms with Crippen LogP contribution in [-0.2, 0) is 4.79 Å². The van der Waals surface area contributed by atoms with Gasteiger partial charge in [-0.2, -0.15) is 0 Å². The van der Waals surface area contributed by atoms with Gasteiger partial charge in [-0.3, -0.25) is 4.79 Å². The Bertz CT molecular complexity index is 470. The Labute approximate surface area is 99.4 Å². The number of halogens is 1. The molecule has 1 saturated heterocycles. The zero-order chi connectivity index (χ0) is 12.0. The minimum absolute atomic E-state index is 0.0531. The van der Waals surface area contributed by atoms with Gasteiger partial charge in [-0.05, 0) is 31.0 Å². The highest BCUT2D eigenvalue weighted by Crippen LogP contribution is 2.44. The molecular weight excluding hydrogens is 219 g/mol. The van der Waals surface area contributed by atoms with E-state index in [9.17, 15) is 9.18 Å². The Morgan fingerprint density at radius 3 is 2.82 bits per heavy atom. The largest absolute Gasteiger partial charge is 0.325 e. The van der Waals surface area contributed by atoms with Crippen LogP contribution in [0.3, 0.4) is 0 Å². The molecule has 1 unspecified atom stereocenters. The van der Waals surface area contributed by atoms with Crippen molar-refractivity contribution in [3.05, 3.63) is 30.1 Å². The van der Waals surface area contributed by atoms with Crippen LogP contribution in [0.15, 0.2) is 24.3 Å². The molecule has 1 aliphatic carbocycles. The summed E-state index contributed by atoms with van der Waals surface area (Å²) in [6, 6.07) is 6.17. The lowest BCUT2D eigenvalue weighted by Crippen LogP contribution is -2.34. The second kappa shape index (κ2) is 3.53. The first-order chi connectivity index (χ1) is 8.08. The summed E-state index contributed by atoms with van der Waals surface area (Å²) in [5, 5.41) is 0. The summed E-state index contributed by atoms with van der Waals surface area (Å²) in [5.41, 5.74) is 6.63. The number of amides is 1. The summed E-state index contributed by atoms with van der Waals surface area (Å²) in [7, 11) is 0. The number of nitrogens with zero attached hydrogens (tertiary/aromatic N) is 1. The average Bonchev–Trinajstić information content (AvgIpc) is 2.90. The van der Waals surface area contributed by atoms with Crippen molar-refractivity contribution in [3.8, 4) is 0 Å². The van der Waals surface area contributed by atoms with Gasteiger partial charge in [0.05, 0.1) is 0 Å². The van der Waals surface area contributed by atoms with E-state index in [1.165, 1.54) is 12.1 Å². The quantitative estimate of drug-likeness (QED) is 0.846. The molecule has 0 spiro atoms. The van der Waals surface area contributed by atoms with Crippen molar-refractivity contribution in [1.29, 1.82) is 0 Å². The van der Waals surface area contributed by atoms with Crippen molar-refractivity contribution < 1.29 is 9.18 Å². The third-order valence-corrected chi connectivity index (χ3v) is 3.89. The minimum Gasteiger partial charge on any atom is -0.325 e. The fourth-order valence-electron chi connectivity index (χ4n) is 2.54. The lowest BCUT2D eigenvalue weighted by Gasteiger charge is -2.19. The van der Waals surface area contributed by atoms with Crippen molar-refractivity contribution in [2.75, 3.05) is 11.4 Å². The van der Waals surface area contributed by atoms with E-state index in [0.717, 1.165) is 12.8 Å². The van der Waals surface area contributed by atoms with E-state index in [0.29, 0.717) is 18.7 Å². The number of benzene rings is 1. The molecule has 2 N–H and O–H groups in total. The van der Waals surface area contributed by atoms with Gasteiger partial charge in [-0.15, -0.1) is 0 Å². The first-order valence-corrected chi connectivity index (χ1v) is 5.93. The highest BCUT2D eigenvalue weighted by atomic mass is 19.1. The molecule has 3 rings (SSSR count). The van der Waals surface area contributed by atoms with Crippen LogP contribution in [-0.4, -0.2) is 18.0 Å². The van der Waals surface area contributed by atoms with Crippen LogP contribution in [0.4, 0.5) is 10.1 Å². The van der Waals surface area contributed by atoms with Gasteiger partial charge in [0, 0.05) is 30.1 Å². The summed E-state index contributed by atoms with van der Waals surface area (Å²) >= 11 is 0. The molecule has 0 bridgehead atoms. The van der Waals surface area contributed by atoms with E-state index in [-0.39, 0.29) is 23.2 Å². The second-order valence-electron chi connectivity index (χ2n) is 5.12. The number of hydrogen-bond donors (Lipinski definition) is 1. The zero-order valence-corrected chi connectivity index (χ0v) is 9.53. The number of rotatable bonds is 2. The Balaban J connectivity index is 1.83. The van der Waals surface area contributed by atoms with Gasteiger partial charge in [0.25, 0.3) is 0 Å². The summed E-state index contributed by atoms with van der Waals surface area (Å²) in [6.45, 7) is 0.624. The molecule has 2 aliphatic rings. The SMILES string of the molecule is NC1(C2CC(=O)N(c3cccc(F)c3)C2)CC1. The minimum atomic E-state index is -0.312. The molecule has 3 nitrogen and oxygen atoms in total. The number of carbonyl (C=O) groups is 1. The molecule has 17 heavy (non-hydrogen) atoms. The molecule has 1 aliphatic heterocycles. The summed E-state index contributed by atoms with van der Waals surface area (Å²) in [5.74, 6) is -0.0387. The van der Waals surface area contributed by atoms with Crippen LogP contribution in [0.2, 0.25) is 0 Å². The topological polar surface area (TPSA) is 46.3 Å². The Kier molecular flexibility index (Phi) is 2.23. The van der Waals surface area contributed by atoms with Crippen LogP contribution in [0.1, 0.15) is 19.3 Å². The van der Waals surface area contributed by atoms with E-state index < -0.39 is 0 Å². The molecule has 90 valence electrons.